The first kappa shape index (κ1) is 13.9. The van der Waals surface area contributed by atoms with Gasteiger partial charge in [0.2, 0.25) is 0 Å². The van der Waals surface area contributed by atoms with E-state index in [0.717, 1.165) is 5.56 Å². The maximum absolute atomic E-state index is 11.3. The van der Waals surface area contributed by atoms with E-state index in [0.29, 0.717) is 11.1 Å². The van der Waals surface area contributed by atoms with Crippen molar-refractivity contribution in [3.8, 4) is 0 Å². The SMILES string of the molecule is Cc1cc(CC(=O)CBr)cc(C(O)C(=O)O)c1. The first-order chi connectivity index (χ1) is 7.93. The molecule has 0 heterocycles. The highest BCUT2D eigenvalue weighted by molar-refractivity contribution is 9.09. The van der Waals surface area contributed by atoms with Gasteiger partial charge in [0.15, 0.2) is 6.10 Å². The zero-order chi connectivity index (χ0) is 13.0. The van der Waals surface area contributed by atoms with E-state index in [4.69, 9.17) is 5.11 Å². The highest BCUT2D eigenvalue weighted by Crippen LogP contribution is 2.18. The molecule has 1 aromatic carbocycles. The first-order valence-electron chi connectivity index (χ1n) is 5.03. The van der Waals surface area contributed by atoms with Crippen molar-refractivity contribution >= 4 is 27.7 Å². The molecule has 0 bridgehead atoms. The second-order valence-electron chi connectivity index (χ2n) is 3.84. The van der Waals surface area contributed by atoms with Gasteiger partial charge in [-0.2, -0.15) is 0 Å². The third-order valence-electron chi connectivity index (χ3n) is 2.26. The number of alkyl halides is 1. The van der Waals surface area contributed by atoms with E-state index in [1.54, 1.807) is 25.1 Å². The van der Waals surface area contributed by atoms with Gasteiger partial charge in [-0.3, -0.25) is 4.79 Å². The summed E-state index contributed by atoms with van der Waals surface area (Å²) in [6.45, 7) is 1.79. The van der Waals surface area contributed by atoms with Gasteiger partial charge in [0.05, 0.1) is 5.33 Å². The number of rotatable bonds is 5. The minimum atomic E-state index is -1.55. The summed E-state index contributed by atoms with van der Waals surface area (Å²) >= 11 is 3.07. The number of benzene rings is 1. The highest BCUT2D eigenvalue weighted by atomic mass is 79.9. The van der Waals surface area contributed by atoms with E-state index in [9.17, 15) is 14.7 Å². The van der Waals surface area contributed by atoms with Crippen molar-refractivity contribution < 1.29 is 19.8 Å². The first-order valence-corrected chi connectivity index (χ1v) is 6.15. The molecular formula is C12H13BrO4. The zero-order valence-electron chi connectivity index (χ0n) is 9.31. The van der Waals surface area contributed by atoms with Crippen LogP contribution in [0.15, 0.2) is 18.2 Å². The summed E-state index contributed by atoms with van der Waals surface area (Å²) in [6, 6.07) is 4.95. The van der Waals surface area contributed by atoms with Crippen molar-refractivity contribution in [3.63, 3.8) is 0 Å². The van der Waals surface area contributed by atoms with Crippen LogP contribution in [0.2, 0.25) is 0 Å². The minimum absolute atomic E-state index is 0.00589. The van der Waals surface area contributed by atoms with Crippen LogP contribution >= 0.6 is 15.9 Å². The summed E-state index contributed by atoms with van der Waals surface area (Å²) < 4.78 is 0. The number of carbonyl (C=O) groups excluding carboxylic acids is 1. The summed E-state index contributed by atoms with van der Waals surface area (Å²) in [4.78, 5) is 22.0. The number of carboxylic acid groups (broad SMARTS) is 1. The summed E-state index contributed by atoms with van der Waals surface area (Å²) in [5.74, 6) is -1.29. The number of aliphatic carboxylic acids is 1. The van der Waals surface area contributed by atoms with Gasteiger partial charge in [0.25, 0.3) is 0 Å². The van der Waals surface area contributed by atoms with Gasteiger partial charge in [-0.15, -0.1) is 0 Å². The van der Waals surface area contributed by atoms with Gasteiger partial charge in [0.1, 0.15) is 5.78 Å². The van der Waals surface area contributed by atoms with E-state index in [1.807, 2.05) is 0 Å². The molecular weight excluding hydrogens is 288 g/mol. The molecule has 0 saturated carbocycles. The van der Waals surface area contributed by atoms with Crippen molar-refractivity contribution in [1.82, 2.24) is 0 Å². The maximum Gasteiger partial charge on any atom is 0.337 e. The Kier molecular flexibility index (Phi) is 4.84. The summed E-state index contributed by atoms with van der Waals surface area (Å²) in [5.41, 5.74) is 1.83. The van der Waals surface area contributed by atoms with Crippen molar-refractivity contribution in [2.24, 2.45) is 0 Å². The second kappa shape index (κ2) is 5.93. The molecule has 1 aromatic rings. The second-order valence-corrected chi connectivity index (χ2v) is 4.40. The number of hydrogen-bond donors (Lipinski definition) is 2. The fraction of sp³-hybridized carbons (Fsp3) is 0.333. The lowest BCUT2D eigenvalue weighted by atomic mass is 10.00. The number of aryl methyl sites for hydroxylation is 1. The molecule has 0 spiro atoms. The molecule has 1 unspecified atom stereocenters. The molecule has 0 fully saturated rings. The van der Waals surface area contributed by atoms with Crippen LogP contribution in [0.4, 0.5) is 0 Å². The lowest BCUT2D eigenvalue weighted by Gasteiger charge is -2.09. The topological polar surface area (TPSA) is 74.6 Å². The molecule has 0 radical (unpaired) electrons. The number of hydrogen-bond acceptors (Lipinski definition) is 3. The number of carboxylic acids is 1. The smallest absolute Gasteiger partial charge is 0.337 e. The fourth-order valence-electron chi connectivity index (χ4n) is 1.57. The Bertz CT molecular complexity index is 442. The Hall–Kier alpha value is -1.20. The average Bonchev–Trinajstić information content (AvgIpc) is 2.26. The standard InChI is InChI=1S/C12H13BrO4/c1-7-2-8(5-10(14)6-13)4-9(3-7)11(15)12(16)17/h2-4,11,15H,5-6H2,1H3,(H,16,17). The van der Waals surface area contributed by atoms with Crippen molar-refractivity contribution in [1.29, 1.82) is 0 Å². The summed E-state index contributed by atoms with van der Waals surface area (Å²) in [6.07, 6.45) is -1.32. The maximum atomic E-state index is 11.3. The molecule has 1 rings (SSSR count). The Balaban J connectivity index is 3.01. The normalized spacial score (nSPS) is 12.2. The van der Waals surface area contributed by atoms with Crippen LogP contribution in [0.3, 0.4) is 0 Å². The molecule has 2 N–H and O–H groups in total. The number of aliphatic hydroxyl groups excluding tert-OH is 1. The molecule has 5 heteroatoms. The van der Waals surface area contributed by atoms with Crippen LogP contribution < -0.4 is 0 Å². The molecule has 0 aliphatic carbocycles. The van der Waals surface area contributed by atoms with Gasteiger partial charge in [-0.05, 0) is 18.1 Å². The monoisotopic (exact) mass is 300 g/mol. The Labute approximate surface area is 107 Å². The van der Waals surface area contributed by atoms with E-state index in [1.165, 1.54) is 0 Å². The number of aliphatic hydroxyl groups is 1. The Morgan fingerprint density at radius 1 is 1.35 bits per heavy atom. The van der Waals surface area contributed by atoms with Gasteiger partial charge in [-0.25, -0.2) is 4.79 Å². The van der Waals surface area contributed by atoms with Crippen LogP contribution in [0, 0.1) is 6.92 Å². The number of halogens is 1. The molecule has 1 atom stereocenters. The van der Waals surface area contributed by atoms with Crippen LogP contribution in [0.25, 0.3) is 0 Å². The largest absolute Gasteiger partial charge is 0.479 e. The Morgan fingerprint density at radius 2 is 2.00 bits per heavy atom. The molecule has 0 saturated heterocycles. The summed E-state index contributed by atoms with van der Waals surface area (Å²) in [5, 5.41) is 18.4. The molecule has 92 valence electrons. The number of Topliss-reactive ketones (excluding diaryl/α,β-unsaturated/α-hetero) is 1. The molecule has 0 aliphatic rings. The van der Waals surface area contributed by atoms with Crippen molar-refractivity contribution in [3.05, 3.63) is 34.9 Å². The fourth-order valence-corrected chi connectivity index (χ4v) is 1.77. The molecule has 0 aromatic heterocycles. The van der Waals surface area contributed by atoms with Gasteiger partial charge >= 0.3 is 5.97 Å². The zero-order valence-corrected chi connectivity index (χ0v) is 10.9. The predicted octanol–water partition coefficient (Wildman–Crippen LogP) is 1.62. The average molecular weight is 301 g/mol. The van der Waals surface area contributed by atoms with Crippen molar-refractivity contribution in [2.75, 3.05) is 5.33 Å². The van der Waals surface area contributed by atoms with Gasteiger partial charge in [-0.1, -0.05) is 39.7 Å². The van der Waals surface area contributed by atoms with Crippen LogP contribution in [0.1, 0.15) is 22.8 Å². The lowest BCUT2D eigenvalue weighted by molar-refractivity contribution is -0.146. The summed E-state index contributed by atoms with van der Waals surface area (Å²) in [7, 11) is 0. The quantitative estimate of drug-likeness (QED) is 0.810. The lowest BCUT2D eigenvalue weighted by Crippen LogP contribution is -2.12. The van der Waals surface area contributed by atoms with E-state index in [2.05, 4.69) is 15.9 Å². The van der Waals surface area contributed by atoms with E-state index < -0.39 is 12.1 Å². The molecule has 0 aliphatic heterocycles. The van der Waals surface area contributed by atoms with E-state index in [-0.39, 0.29) is 17.5 Å². The predicted molar refractivity (Wildman–Crippen MR) is 66.3 cm³/mol. The van der Waals surface area contributed by atoms with Crippen LogP contribution in [-0.2, 0) is 16.0 Å². The third kappa shape index (κ3) is 3.94. The highest BCUT2D eigenvalue weighted by Gasteiger charge is 2.17. The molecule has 4 nitrogen and oxygen atoms in total. The Morgan fingerprint density at radius 3 is 2.53 bits per heavy atom. The minimum Gasteiger partial charge on any atom is -0.479 e. The van der Waals surface area contributed by atoms with Gasteiger partial charge in [0, 0.05) is 6.42 Å². The number of ketones is 1. The van der Waals surface area contributed by atoms with E-state index >= 15 is 0 Å². The number of carbonyl (C=O) groups is 2. The third-order valence-corrected chi connectivity index (χ3v) is 2.88. The van der Waals surface area contributed by atoms with Gasteiger partial charge < -0.3 is 10.2 Å². The molecule has 0 amide bonds. The molecule has 17 heavy (non-hydrogen) atoms. The van der Waals surface area contributed by atoms with Crippen molar-refractivity contribution in [2.45, 2.75) is 19.4 Å². The van der Waals surface area contributed by atoms with Crippen LogP contribution in [0.5, 0.6) is 0 Å². The van der Waals surface area contributed by atoms with Crippen LogP contribution in [-0.4, -0.2) is 27.3 Å².